The Bertz CT molecular complexity index is 1680. The number of rotatable bonds is 10. The first-order chi connectivity index (χ1) is 22.0. The number of para-hydroxylation sites is 1. The zero-order valence-electron chi connectivity index (χ0n) is 27.5. The summed E-state index contributed by atoms with van der Waals surface area (Å²) in [5, 5.41) is 6.61. The van der Waals surface area contributed by atoms with E-state index in [1.807, 2.05) is 62.3 Å². The van der Waals surface area contributed by atoms with Gasteiger partial charge in [-0.15, -0.1) is 4.31 Å². The molecule has 242 valence electrons. The maximum absolute atomic E-state index is 13.9. The lowest BCUT2D eigenvalue weighted by Gasteiger charge is -2.38. The molecule has 0 aliphatic carbocycles. The van der Waals surface area contributed by atoms with Crippen molar-refractivity contribution in [3.63, 3.8) is 0 Å². The molecule has 1 aliphatic rings. The predicted molar refractivity (Wildman–Crippen MR) is 184 cm³/mol. The van der Waals surface area contributed by atoms with Crippen molar-refractivity contribution in [1.29, 1.82) is 0 Å². The second-order valence-electron chi connectivity index (χ2n) is 12.4. The number of amides is 1. The van der Waals surface area contributed by atoms with Crippen LogP contribution in [0.25, 0.3) is 0 Å². The summed E-state index contributed by atoms with van der Waals surface area (Å²) in [4.78, 5) is 22.2. The van der Waals surface area contributed by atoms with E-state index in [2.05, 4.69) is 58.7 Å². The summed E-state index contributed by atoms with van der Waals surface area (Å²) in [6.45, 7) is 14.0. The maximum atomic E-state index is 13.9. The molecule has 0 saturated heterocycles. The van der Waals surface area contributed by atoms with Crippen LogP contribution in [0.1, 0.15) is 78.2 Å². The fourth-order valence-electron chi connectivity index (χ4n) is 6.15. The van der Waals surface area contributed by atoms with Gasteiger partial charge in [-0.2, -0.15) is 0 Å². The van der Waals surface area contributed by atoms with Crippen molar-refractivity contribution in [1.82, 2.24) is 19.6 Å². The number of hydrogen-bond donors (Lipinski definition) is 3. The molecule has 10 heteroatoms. The van der Waals surface area contributed by atoms with Crippen LogP contribution in [0.15, 0.2) is 78.2 Å². The molecule has 1 amide bonds. The van der Waals surface area contributed by atoms with Crippen LogP contribution in [-0.2, 0) is 17.9 Å². The van der Waals surface area contributed by atoms with Crippen LogP contribution in [0.3, 0.4) is 0 Å². The molecule has 0 spiro atoms. The van der Waals surface area contributed by atoms with Crippen molar-refractivity contribution in [3.05, 3.63) is 107 Å². The number of benzene rings is 3. The summed E-state index contributed by atoms with van der Waals surface area (Å²) in [5.74, 6) is 0.138. The highest BCUT2D eigenvalue weighted by Gasteiger charge is 2.37. The lowest BCUT2D eigenvalue weighted by atomic mass is 9.74. The Hall–Kier alpha value is -4.12. The number of nitrogen functional groups attached to an aromatic ring is 1. The van der Waals surface area contributed by atoms with Crippen LogP contribution in [0.2, 0.25) is 0 Å². The third kappa shape index (κ3) is 6.99. The fraction of sp³-hybridized carbons (Fsp3) is 0.361. The Kier molecular flexibility index (Phi) is 10.2. The summed E-state index contributed by atoms with van der Waals surface area (Å²) in [6, 6.07) is 18.1. The Morgan fingerprint density at radius 2 is 1.87 bits per heavy atom. The summed E-state index contributed by atoms with van der Waals surface area (Å²) in [6.07, 6.45) is 5.15. The first-order valence-corrected chi connectivity index (χ1v) is 16.9. The lowest BCUT2D eigenvalue weighted by Crippen LogP contribution is -2.48. The van der Waals surface area contributed by atoms with E-state index >= 15 is 0 Å². The smallest absolute Gasteiger partial charge is 0.254 e. The van der Waals surface area contributed by atoms with Gasteiger partial charge in [-0.1, -0.05) is 43.3 Å². The van der Waals surface area contributed by atoms with Gasteiger partial charge in [0.2, 0.25) is 4.90 Å². The SMILES string of the molecule is CCNc1ccc([C@H](c2ccc(C)c(CN3C[C@@H](CC)Oc4ccccc4[S+]3[O-])c2)C(C)(C)NC(=O)c2cncnc2)c(C)c1N. The molecule has 4 N–H and O–H groups in total. The number of anilines is 2. The Morgan fingerprint density at radius 3 is 2.59 bits per heavy atom. The quantitative estimate of drug-likeness (QED) is 0.139. The molecule has 0 fully saturated rings. The zero-order valence-corrected chi connectivity index (χ0v) is 28.3. The number of hydrogen-bond acceptors (Lipinski definition) is 8. The van der Waals surface area contributed by atoms with Gasteiger partial charge in [0.15, 0.2) is 5.75 Å². The van der Waals surface area contributed by atoms with Crippen LogP contribution < -0.4 is 21.1 Å². The fourth-order valence-corrected chi connectivity index (χ4v) is 7.47. The molecule has 2 heterocycles. The molecule has 9 nitrogen and oxygen atoms in total. The van der Waals surface area contributed by atoms with Crippen LogP contribution in [0.5, 0.6) is 5.75 Å². The molecule has 1 unspecified atom stereocenters. The standard InChI is InChI=1S/C36H44N6O3S/c1-7-28-21-42(46(44)32-12-10-9-11-31(32)45-28)20-26-17-25(14-13-23(26)3)33(29-15-16-30(40-8-2)34(37)24(29)4)36(5,6)41-35(43)27-18-38-22-39-19-27/h9-19,22,28,33,40H,7-8,20-21,37H2,1-6H3,(H,41,43)/t28-,33+,46?/m1/s1. The van der Waals surface area contributed by atoms with E-state index < -0.39 is 16.9 Å². The van der Waals surface area contributed by atoms with Gasteiger partial charge in [-0.05, 0) is 87.1 Å². The monoisotopic (exact) mass is 640 g/mol. The van der Waals surface area contributed by atoms with E-state index in [-0.39, 0.29) is 17.9 Å². The summed E-state index contributed by atoms with van der Waals surface area (Å²) in [7, 11) is 0. The average molecular weight is 641 g/mol. The van der Waals surface area contributed by atoms with Gasteiger partial charge in [0.05, 0.1) is 41.4 Å². The Balaban J connectivity index is 1.57. The highest BCUT2D eigenvalue weighted by Crippen LogP contribution is 2.41. The minimum Gasteiger partial charge on any atom is -0.593 e. The second kappa shape index (κ2) is 14.1. The number of fused-ring (bicyclic) bond motifs is 1. The molecule has 3 aromatic carbocycles. The van der Waals surface area contributed by atoms with Crippen LogP contribution >= 0.6 is 0 Å². The molecular formula is C36H44N6O3S. The van der Waals surface area contributed by atoms with E-state index in [4.69, 9.17) is 10.5 Å². The number of carbonyl (C=O) groups excluding carboxylic acids is 1. The number of aromatic nitrogens is 2. The molecule has 0 bridgehead atoms. The summed E-state index contributed by atoms with van der Waals surface area (Å²) < 4.78 is 22.2. The van der Waals surface area contributed by atoms with E-state index in [9.17, 15) is 9.35 Å². The topological polar surface area (TPSA) is 128 Å². The first-order valence-electron chi connectivity index (χ1n) is 15.8. The van der Waals surface area contributed by atoms with E-state index in [0.717, 1.165) is 46.5 Å². The molecule has 3 atom stereocenters. The minimum absolute atomic E-state index is 0.0826. The number of nitrogens with two attached hydrogens (primary N) is 1. The average Bonchev–Trinajstić information content (AvgIpc) is 3.18. The van der Waals surface area contributed by atoms with Crippen molar-refractivity contribution in [2.24, 2.45) is 0 Å². The number of nitrogens with zero attached hydrogens (tertiary/aromatic N) is 3. The van der Waals surface area contributed by atoms with E-state index in [1.165, 1.54) is 18.7 Å². The number of nitrogens with one attached hydrogen (secondary N) is 2. The van der Waals surface area contributed by atoms with Crippen molar-refractivity contribution in [3.8, 4) is 5.75 Å². The Morgan fingerprint density at radius 1 is 1.13 bits per heavy atom. The maximum Gasteiger partial charge on any atom is 0.254 e. The van der Waals surface area contributed by atoms with Crippen LogP contribution in [-0.4, -0.2) is 49.5 Å². The predicted octanol–water partition coefficient (Wildman–Crippen LogP) is 6.14. The third-order valence-corrected chi connectivity index (χ3v) is 10.2. The van der Waals surface area contributed by atoms with Gasteiger partial charge >= 0.3 is 0 Å². The summed E-state index contributed by atoms with van der Waals surface area (Å²) >= 11 is -1.40. The molecule has 1 aliphatic heterocycles. The van der Waals surface area contributed by atoms with Crippen molar-refractivity contribution < 1.29 is 14.1 Å². The molecule has 0 saturated carbocycles. The van der Waals surface area contributed by atoms with Crippen molar-refractivity contribution >= 4 is 28.6 Å². The summed E-state index contributed by atoms with van der Waals surface area (Å²) in [5.41, 5.74) is 13.0. The molecule has 4 aromatic rings. The highest BCUT2D eigenvalue weighted by molar-refractivity contribution is 7.89. The normalized spacial score (nSPS) is 17.4. The largest absolute Gasteiger partial charge is 0.593 e. The third-order valence-electron chi connectivity index (χ3n) is 8.70. The zero-order chi connectivity index (χ0) is 33.0. The first kappa shape index (κ1) is 33.2. The van der Waals surface area contributed by atoms with Crippen LogP contribution in [0.4, 0.5) is 11.4 Å². The van der Waals surface area contributed by atoms with Crippen molar-refractivity contribution in [2.75, 3.05) is 24.1 Å². The molecular weight excluding hydrogens is 597 g/mol. The number of carbonyl (C=O) groups is 1. The van der Waals surface area contributed by atoms with Gasteiger partial charge in [-0.3, -0.25) is 4.79 Å². The minimum atomic E-state index is -1.40. The van der Waals surface area contributed by atoms with Gasteiger partial charge in [-0.25, -0.2) is 9.97 Å². The van der Waals surface area contributed by atoms with Gasteiger partial charge in [0.1, 0.15) is 12.4 Å². The van der Waals surface area contributed by atoms with Gasteiger partial charge in [0.25, 0.3) is 5.91 Å². The molecule has 1 aromatic heterocycles. The molecule has 0 radical (unpaired) electrons. The number of ether oxygens (including phenoxy) is 1. The van der Waals surface area contributed by atoms with E-state index in [1.54, 1.807) is 0 Å². The van der Waals surface area contributed by atoms with Gasteiger partial charge < -0.3 is 25.7 Å². The lowest BCUT2D eigenvalue weighted by molar-refractivity contribution is 0.0905. The van der Waals surface area contributed by atoms with Crippen LogP contribution in [0, 0.1) is 13.8 Å². The number of aryl methyl sites for hydroxylation is 1. The van der Waals surface area contributed by atoms with Crippen molar-refractivity contribution in [2.45, 2.75) is 77.0 Å². The highest BCUT2D eigenvalue weighted by atomic mass is 32.2. The molecule has 46 heavy (non-hydrogen) atoms. The van der Waals surface area contributed by atoms with E-state index in [0.29, 0.717) is 35.0 Å². The van der Waals surface area contributed by atoms with Gasteiger partial charge in [0, 0.05) is 30.4 Å². The second-order valence-corrected chi connectivity index (χ2v) is 13.8. The Labute approximate surface area is 275 Å². The molecule has 5 rings (SSSR count).